The van der Waals surface area contributed by atoms with Crippen LogP contribution in [-0.2, 0) is 4.79 Å². The third-order valence-electron chi connectivity index (χ3n) is 5.43. The number of hydrogen-bond donors (Lipinski definition) is 1. The minimum atomic E-state index is -0.487. The Morgan fingerprint density at radius 1 is 1.29 bits per heavy atom. The number of H-pyrrole nitrogens is 1. The second-order valence-corrected chi connectivity index (χ2v) is 7.84. The molecule has 4 aromatic rings. The van der Waals surface area contributed by atoms with Crippen molar-refractivity contribution in [1.29, 1.82) is 0 Å². The second-order valence-electron chi connectivity index (χ2n) is 7.19. The molecular formula is C20H19ClN6O. The van der Waals surface area contributed by atoms with Gasteiger partial charge in [0.1, 0.15) is 11.0 Å². The van der Waals surface area contributed by atoms with Gasteiger partial charge in [0, 0.05) is 48.0 Å². The fourth-order valence-electron chi connectivity index (χ4n) is 4.01. The van der Waals surface area contributed by atoms with E-state index in [4.69, 9.17) is 11.6 Å². The first-order valence-electron chi connectivity index (χ1n) is 9.31. The van der Waals surface area contributed by atoms with Crippen LogP contribution in [0.1, 0.15) is 25.0 Å². The number of pyridine rings is 1. The van der Waals surface area contributed by atoms with Gasteiger partial charge in [-0.15, -0.1) is 11.6 Å². The van der Waals surface area contributed by atoms with E-state index in [0.717, 1.165) is 46.3 Å². The molecule has 1 aliphatic heterocycles. The van der Waals surface area contributed by atoms with E-state index in [1.807, 2.05) is 29.3 Å². The monoisotopic (exact) mass is 394 g/mol. The molecule has 5 rings (SSSR count). The van der Waals surface area contributed by atoms with E-state index < -0.39 is 5.38 Å². The van der Waals surface area contributed by atoms with Gasteiger partial charge in [0.2, 0.25) is 5.91 Å². The zero-order chi connectivity index (χ0) is 19.3. The molecule has 0 spiro atoms. The topological polar surface area (TPSA) is 79.2 Å². The summed E-state index contributed by atoms with van der Waals surface area (Å²) in [6.07, 6.45) is 6.27. The lowest BCUT2D eigenvalue weighted by Crippen LogP contribution is -2.33. The van der Waals surface area contributed by atoms with Crippen LogP contribution in [0.25, 0.3) is 27.7 Å². The molecule has 0 aromatic carbocycles. The van der Waals surface area contributed by atoms with Gasteiger partial charge >= 0.3 is 0 Å². The van der Waals surface area contributed by atoms with Crippen LogP contribution in [-0.4, -0.2) is 54.1 Å². The number of aromatic amines is 1. The van der Waals surface area contributed by atoms with Crippen molar-refractivity contribution < 1.29 is 4.79 Å². The van der Waals surface area contributed by atoms with E-state index >= 15 is 0 Å². The van der Waals surface area contributed by atoms with Gasteiger partial charge in [0.05, 0.1) is 11.7 Å². The number of nitrogens with one attached hydrogen (secondary N) is 1. The van der Waals surface area contributed by atoms with Crippen LogP contribution in [0.2, 0.25) is 0 Å². The van der Waals surface area contributed by atoms with Crippen LogP contribution in [0.3, 0.4) is 0 Å². The van der Waals surface area contributed by atoms with Gasteiger partial charge in [-0.1, -0.05) is 0 Å². The summed E-state index contributed by atoms with van der Waals surface area (Å²) in [5, 5.41) is 9.16. The Balaban J connectivity index is 1.53. The standard InChI is InChI=1S/C20H19ClN6O/c1-12(21)20(28)26-8-5-13(11-26)17-9-15-14(4-7-22-19(15)25-17)16-10-24-27-18(16)3-2-6-23-27/h2-4,6-7,9-10,12-13H,5,8,11H2,1H3,(H,22,25)/t12-,13-/m0/s1. The lowest BCUT2D eigenvalue weighted by atomic mass is 10.0. The van der Waals surface area contributed by atoms with Gasteiger partial charge in [-0.2, -0.15) is 14.8 Å². The van der Waals surface area contributed by atoms with Gasteiger partial charge in [-0.05, 0) is 43.2 Å². The van der Waals surface area contributed by atoms with Crippen molar-refractivity contribution in [1.82, 2.24) is 29.7 Å². The van der Waals surface area contributed by atoms with Crippen LogP contribution in [0.4, 0.5) is 0 Å². The fraction of sp³-hybridized carbons (Fsp3) is 0.300. The van der Waals surface area contributed by atoms with E-state index in [1.165, 1.54) is 0 Å². The average Bonchev–Trinajstić information content (AvgIpc) is 3.43. The number of aromatic nitrogens is 5. The van der Waals surface area contributed by atoms with Crippen LogP contribution in [0.15, 0.2) is 42.9 Å². The largest absolute Gasteiger partial charge is 0.343 e. The zero-order valence-electron chi connectivity index (χ0n) is 15.3. The molecule has 5 heterocycles. The number of hydrogen-bond acceptors (Lipinski definition) is 4. The quantitative estimate of drug-likeness (QED) is 0.541. The number of rotatable bonds is 3. The van der Waals surface area contributed by atoms with Gasteiger partial charge in [-0.3, -0.25) is 4.79 Å². The molecule has 4 aromatic heterocycles. The number of halogens is 1. The number of alkyl halides is 1. The Bertz CT molecular complexity index is 1180. The summed E-state index contributed by atoms with van der Waals surface area (Å²) in [6, 6.07) is 8.07. The summed E-state index contributed by atoms with van der Waals surface area (Å²) in [5.41, 5.74) is 4.97. The van der Waals surface area contributed by atoms with Crippen LogP contribution < -0.4 is 0 Å². The number of fused-ring (bicyclic) bond motifs is 2. The third-order valence-corrected chi connectivity index (χ3v) is 5.61. The molecule has 0 unspecified atom stereocenters. The molecule has 142 valence electrons. The van der Waals surface area contributed by atoms with E-state index in [2.05, 4.69) is 26.2 Å². The molecule has 28 heavy (non-hydrogen) atoms. The molecule has 1 N–H and O–H groups in total. The highest BCUT2D eigenvalue weighted by Gasteiger charge is 2.30. The van der Waals surface area contributed by atoms with Crippen molar-refractivity contribution in [2.45, 2.75) is 24.6 Å². The highest BCUT2D eigenvalue weighted by atomic mass is 35.5. The van der Waals surface area contributed by atoms with Crippen molar-refractivity contribution >= 4 is 34.1 Å². The van der Waals surface area contributed by atoms with E-state index in [9.17, 15) is 4.79 Å². The Labute approximate surface area is 166 Å². The summed E-state index contributed by atoms with van der Waals surface area (Å²) >= 11 is 5.97. The average molecular weight is 395 g/mol. The molecule has 0 radical (unpaired) electrons. The minimum absolute atomic E-state index is 0.00190. The summed E-state index contributed by atoms with van der Waals surface area (Å²) in [4.78, 5) is 22.0. The fourth-order valence-corrected chi connectivity index (χ4v) is 4.15. The lowest BCUT2D eigenvalue weighted by molar-refractivity contribution is -0.129. The molecule has 7 nitrogen and oxygen atoms in total. The van der Waals surface area contributed by atoms with Gasteiger partial charge in [0.25, 0.3) is 0 Å². The maximum atomic E-state index is 12.2. The van der Waals surface area contributed by atoms with Gasteiger partial charge in [0.15, 0.2) is 0 Å². The summed E-state index contributed by atoms with van der Waals surface area (Å²) in [6.45, 7) is 3.13. The molecule has 2 atom stereocenters. The number of nitrogens with zero attached hydrogens (tertiary/aromatic N) is 5. The van der Waals surface area contributed by atoms with Crippen molar-refractivity contribution in [3.8, 4) is 11.1 Å². The molecule has 0 saturated carbocycles. The smallest absolute Gasteiger partial charge is 0.240 e. The summed E-state index contributed by atoms with van der Waals surface area (Å²) < 4.78 is 1.63. The Morgan fingerprint density at radius 2 is 2.18 bits per heavy atom. The zero-order valence-corrected chi connectivity index (χ0v) is 16.1. The Hall–Kier alpha value is -2.93. The second kappa shape index (κ2) is 6.60. The lowest BCUT2D eigenvalue weighted by Gasteiger charge is -2.17. The van der Waals surface area contributed by atoms with Crippen LogP contribution in [0, 0.1) is 0 Å². The first-order valence-corrected chi connectivity index (χ1v) is 9.75. The van der Waals surface area contributed by atoms with Gasteiger partial charge in [-0.25, -0.2) is 4.98 Å². The predicted molar refractivity (Wildman–Crippen MR) is 107 cm³/mol. The maximum Gasteiger partial charge on any atom is 0.240 e. The number of amides is 1. The molecule has 1 saturated heterocycles. The molecular weight excluding hydrogens is 376 g/mol. The number of carbonyl (C=O) groups excluding carboxylic acids is 1. The third kappa shape index (κ3) is 2.74. The van der Waals surface area contributed by atoms with Crippen molar-refractivity contribution in [3.63, 3.8) is 0 Å². The normalized spacial score (nSPS) is 18.2. The van der Waals surface area contributed by atoms with E-state index in [0.29, 0.717) is 6.54 Å². The molecule has 8 heteroatoms. The summed E-state index contributed by atoms with van der Waals surface area (Å²) in [7, 11) is 0. The predicted octanol–water partition coefficient (Wildman–Crippen LogP) is 3.22. The van der Waals surface area contributed by atoms with E-state index in [1.54, 1.807) is 23.9 Å². The number of carbonyl (C=O) groups is 1. The SMILES string of the molecule is C[C@H](Cl)C(=O)N1CC[C@H](c2cc3c(-c4cnn5ncccc45)ccnc3[nH]2)C1. The molecule has 0 bridgehead atoms. The van der Waals surface area contributed by atoms with Crippen molar-refractivity contribution in [2.75, 3.05) is 13.1 Å². The Morgan fingerprint density at radius 3 is 3.04 bits per heavy atom. The van der Waals surface area contributed by atoms with E-state index in [-0.39, 0.29) is 11.8 Å². The van der Waals surface area contributed by atoms with Crippen LogP contribution in [0.5, 0.6) is 0 Å². The minimum Gasteiger partial charge on any atom is -0.343 e. The highest BCUT2D eigenvalue weighted by molar-refractivity contribution is 6.30. The first-order chi connectivity index (χ1) is 13.6. The first kappa shape index (κ1) is 17.2. The molecule has 1 fully saturated rings. The molecule has 0 aliphatic carbocycles. The number of likely N-dealkylation sites (tertiary alicyclic amines) is 1. The van der Waals surface area contributed by atoms with Crippen molar-refractivity contribution in [2.24, 2.45) is 0 Å². The molecule has 1 aliphatic rings. The molecule has 1 amide bonds. The van der Waals surface area contributed by atoms with Crippen molar-refractivity contribution in [3.05, 3.63) is 48.5 Å². The summed E-state index contributed by atoms with van der Waals surface area (Å²) in [5.74, 6) is 0.255. The Kier molecular flexibility index (Phi) is 4.05. The van der Waals surface area contributed by atoms with Gasteiger partial charge < -0.3 is 9.88 Å². The van der Waals surface area contributed by atoms with Crippen LogP contribution >= 0.6 is 11.6 Å². The highest BCUT2D eigenvalue weighted by Crippen LogP contribution is 2.34. The maximum absolute atomic E-state index is 12.2.